The van der Waals surface area contributed by atoms with Crippen LogP contribution in [-0.4, -0.2) is 25.7 Å². The number of benzene rings is 1. The normalized spacial score (nSPS) is 10.9. The summed E-state index contributed by atoms with van der Waals surface area (Å²) in [5.41, 5.74) is 0.929. The summed E-state index contributed by atoms with van der Waals surface area (Å²) >= 11 is 6.03. The second-order valence-corrected chi connectivity index (χ2v) is 4.86. The van der Waals surface area contributed by atoms with Crippen molar-refractivity contribution < 1.29 is 9.53 Å². The molecule has 0 heterocycles. The summed E-state index contributed by atoms with van der Waals surface area (Å²) in [6, 6.07) is 9.27. The summed E-state index contributed by atoms with van der Waals surface area (Å²) in [5, 5.41) is 15.3. The van der Waals surface area contributed by atoms with Crippen molar-refractivity contribution in [1.82, 2.24) is 10.6 Å². The molecule has 0 spiro atoms. The number of hydrogen-bond donors (Lipinski definition) is 2. The number of nitrogens with zero attached hydrogens (tertiary/aromatic N) is 1. The summed E-state index contributed by atoms with van der Waals surface area (Å²) in [7, 11) is 0. The molecular weight excluding hydrogens is 302 g/mol. The number of amides is 1. The summed E-state index contributed by atoms with van der Waals surface area (Å²) < 4.78 is 5.17. The number of ether oxygens (including phenoxy) is 1. The lowest BCUT2D eigenvalue weighted by Crippen LogP contribution is -2.27. The number of rotatable bonds is 9. The highest BCUT2D eigenvalue weighted by molar-refractivity contribution is 6.31. The fraction of sp³-hybridized carbons (Fsp3) is 0.375. The van der Waals surface area contributed by atoms with Gasteiger partial charge in [0.05, 0.1) is 0 Å². The first-order chi connectivity index (χ1) is 10.7. The van der Waals surface area contributed by atoms with Gasteiger partial charge in [-0.2, -0.15) is 5.26 Å². The second-order valence-electron chi connectivity index (χ2n) is 4.45. The highest BCUT2D eigenvalue weighted by Crippen LogP contribution is 2.14. The van der Waals surface area contributed by atoms with E-state index in [0.717, 1.165) is 5.56 Å². The van der Waals surface area contributed by atoms with E-state index in [-0.39, 0.29) is 5.57 Å². The SMILES string of the molecule is CCOCCCNC(=O)/C(C#N)=C\NCc1ccccc1Cl. The third-order valence-electron chi connectivity index (χ3n) is 2.82. The highest BCUT2D eigenvalue weighted by Gasteiger charge is 2.07. The lowest BCUT2D eigenvalue weighted by atomic mass is 10.2. The van der Waals surface area contributed by atoms with Crippen LogP contribution in [0.2, 0.25) is 5.02 Å². The largest absolute Gasteiger partial charge is 0.386 e. The van der Waals surface area contributed by atoms with Gasteiger partial charge in [-0.1, -0.05) is 29.8 Å². The Bertz CT molecular complexity index is 553. The Hall–Kier alpha value is -2.03. The van der Waals surface area contributed by atoms with Crippen LogP contribution in [0.25, 0.3) is 0 Å². The van der Waals surface area contributed by atoms with Gasteiger partial charge >= 0.3 is 0 Å². The van der Waals surface area contributed by atoms with Gasteiger partial charge in [0.15, 0.2) is 0 Å². The Morgan fingerprint density at radius 2 is 2.23 bits per heavy atom. The second kappa shape index (κ2) is 10.7. The maximum atomic E-state index is 11.8. The predicted molar refractivity (Wildman–Crippen MR) is 86.1 cm³/mol. The van der Waals surface area contributed by atoms with Crippen LogP contribution in [0.1, 0.15) is 18.9 Å². The summed E-state index contributed by atoms with van der Waals surface area (Å²) in [4.78, 5) is 11.8. The molecular formula is C16H20ClN3O2. The molecule has 0 radical (unpaired) electrons. The van der Waals surface area contributed by atoms with Crippen LogP contribution in [0.5, 0.6) is 0 Å². The van der Waals surface area contributed by atoms with Gasteiger partial charge in [-0.25, -0.2) is 0 Å². The van der Waals surface area contributed by atoms with Crippen LogP contribution in [-0.2, 0) is 16.1 Å². The molecule has 1 aromatic carbocycles. The third-order valence-corrected chi connectivity index (χ3v) is 3.19. The van der Waals surface area contributed by atoms with Crippen LogP contribution in [0.4, 0.5) is 0 Å². The molecule has 0 unspecified atom stereocenters. The molecule has 22 heavy (non-hydrogen) atoms. The molecule has 6 heteroatoms. The van der Waals surface area contributed by atoms with Gasteiger partial charge in [0, 0.05) is 37.5 Å². The van der Waals surface area contributed by atoms with Gasteiger partial charge in [0.25, 0.3) is 5.91 Å². The van der Waals surface area contributed by atoms with E-state index in [4.69, 9.17) is 21.6 Å². The zero-order valence-corrected chi connectivity index (χ0v) is 13.3. The van der Waals surface area contributed by atoms with E-state index in [1.165, 1.54) is 6.20 Å². The number of nitrogens with one attached hydrogen (secondary N) is 2. The van der Waals surface area contributed by atoms with Gasteiger partial charge in [-0.15, -0.1) is 0 Å². The quantitative estimate of drug-likeness (QED) is 0.416. The number of hydrogen-bond acceptors (Lipinski definition) is 4. The molecule has 0 saturated heterocycles. The first kappa shape index (κ1) is 18.0. The molecule has 0 bridgehead atoms. The van der Waals surface area contributed by atoms with E-state index in [1.54, 1.807) is 6.07 Å². The number of nitriles is 1. The Balaban J connectivity index is 2.41. The zero-order valence-electron chi connectivity index (χ0n) is 12.6. The van der Waals surface area contributed by atoms with E-state index in [9.17, 15) is 4.79 Å². The van der Waals surface area contributed by atoms with Crippen molar-refractivity contribution in [2.24, 2.45) is 0 Å². The van der Waals surface area contributed by atoms with E-state index in [2.05, 4.69) is 10.6 Å². The van der Waals surface area contributed by atoms with Crippen LogP contribution in [0, 0.1) is 11.3 Å². The van der Waals surface area contributed by atoms with Crippen molar-refractivity contribution in [1.29, 1.82) is 5.26 Å². The van der Waals surface area contributed by atoms with E-state index in [0.29, 0.717) is 37.7 Å². The summed E-state index contributed by atoms with van der Waals surface area (Å²) in [6.45, 7) is 4.08. The maximum Gasteiger partial charge on any atom is 0.263 e. The smallest absolute Gasteiger partial charge is 0.263 e. The summed E-state index contributed by atoms with van der Waals surface area (Å²) in [5.74, 6) is -0.398. The molecule has 5 nitrogen and oxygen atoms in total. The number of halogens is 1. The van der Waals surface area contributed by atoms with Crippen LogP contribution >= 0.6 is 11.6 Å². The molecule has 1 rings (SSSR count). The molecule has 0 aliphatic heterocycles. The Morgan fingerprint density at radius 1 is 1.45 bits per heavy atom. The Kier molecular flexibility index (Phi) is 8.73. The van der Waals surface area contributed by atoms with Crippen molar-refractivity contribution >= 4 is 17.5 Å². The van der Waals surface area contributed by atoms with E-state index >= 15 is 0 Å². The zero-order chi connectivity index (χ0) is 16.2. The van der Waals surface area contributed by atoms with Crippen molar-refractivity contribution in [2.75, 3.05) is 19.8 Å². The number of carbonyl (C=O) groups excluding carboxylic acids is 1. The summed E-state index contributed by atoms with van der Waals surface area (Å²) in [6.07, 6.45) is 2.12. The minimum atomic E-state index is -0.398. The van der Waals surface area contributed by atoms with Gasteiger partial charge in [0.1, 0.15) is 11.6 Å². The first-order valence-corrected chi connectivity index (χ1v) is 7.49. The molecule has 0 aromatic heterocycles. The van der Waals surface area contributed by atoms with Gasteiger partial charge in [0.2, 0.25) is 0 Å². The molecule has 1 aromatic rings. The lowest BCUT2D eigenvalue weighted by Gasteiger charge is -2.06. The topological polar surface area (TPSA) is 74.1 Å². The first-order valence-electron chi connectivity index (χ1n) is 7.12. The molecule has 0 atom stereocenters. The fourth-order valence-corrected chi connectivity index (χ4v) is 1.87. The molecule has 0 saturated carbocycles. The van der Waals surface area contributed by atoms with Gasteiger partial charge in [-0.3, -0.25) is 4.79 Å². The van der Waals surface area contributed by atoms with Crippen molar-refractivity contribution in [3.05, 3.63) is 46.6 Å². The molecule has 1 amide bonds. The standard InChI is InChI=1S/C16H20ClN3O2/c1-2-22-9-5-8-20-16(21)14(10-18)12-19-11-13-6-3-4-7-15(13)17/h3-4,6-7,12,19H,2,5,8-9,11H2,1H3,(H,20,21)/b14-12-. The maximum absolute atomic E-state index is 11.8. The van der Waals surface area contributed by atoms with Crippen LogP contribution < -0.4 is 10.6 Å². The molecule has 0 fully saturated rings. The monoisotopic (exact) mass is 321 g/mol. The molecule has 2 N–H and O–H groups in total. The fourth-order valence-electron chi connectivity index (χ4n) is 1.67. The van der Waals surface area contributed by atoms with Crippen LogP contribution in [0.3, 0.4) is 0 Å². The molecule has 0 aliphatic carbocycles. The Morgan fingerprint density at radius 3 is 2.91 bits per heavy atom. The molecule has 118 valence electrons. The van der Waals surface area contributed by atoms with Crippen molar-refractivity contribution in [3.63, 3.8) is 0 Å². The highest BCUT2D eigenvalue weighted by atomic mass is 35.5. The van der Waals surface area contributed by atoms with Gasteiger partial charge < -0.3 is 15.4 Å². The third kappa shape index (κ3) is 6.61. The van der Waals surface area contributed by atoms with Gasteiger partial charge in [-0.05, 0) is 25.0 Å². The molecule has 0 aliphatic rings. The van der Waals surface area contributed by atoms with Crippen molar-refractivity contribution in [2.45, 2.75) is 19.9 Å². The Labute approximate surface area is 135 Å². The average Bonchev–Trinajstić information content (AvgIpc) is 2.53. The number of carbonyl (C=O) groups is 1. The minimum Gasteiger partial charge on any atom is -0.386 e. The minimum absolute atomic E-state index is 0.0310. The average molecular weight is 322 g/mol. The van der Waals surface area contributed by atoms with Crippen LogP contribution in [0.15, 0.2) is 36.0 Å². The predicted octanol–water partition coefficient (Wildman–Crippen LogP) is 2.38. The van der Waals surface area contributed by atoms with Crippen molar-refractivity contribution in [3.8, 4) is 6.07 Å². The van der Waals surface area contributed by atoms with E-state index in [1.807, 2.05) is 31.2 Å². The van der Waals surface area contributed by atoms with E-state index < -0.39 is 5.91 Å². The lowest BCUT2D eigenvalue weighted by molar-refractivity contribution is -0.117.